The number of hydrogen-bond acceptors (Lipinski definition) is 4. The molecule has 0 fully saturated rings. The minimum absolute atomic E-state index is 0.128. The molecule has 0 aliphatic heterocycles. The van der Waals surface area contributed by atoms with Crippen molar-refractivity contribution in [2.24, 2.45) is 0 Å². The molecule has 6 nitrogen and oxygen atoms in total. The van der Waals surface area contributed by atoms with Crippen LogP contribution < -0.4 is 5.32 Å². The number of aliphatic hydroxyl groups is 1. The molecule has 0 saturated carbocycles. The standard InChI is InChI=1S/C13H24F2N2O4/c1-7-8-12(20,13(14,15)9(18)17(5)6)16-10(19)21-11(2,3)4/h20H,7-8H2,1-6H3,(H,16,19). The van der Waals surface area contributed by atoms with Gasteiger partial charge in [0.05, 0.1) is 0 Å². The van der Waals surface area contributed by atoms with E-state index in [0.29, 0.717) is 4.90 Å². The first-order chi connectivity index (χ1) is 9.27. The van der Waals surface area contributed by atoms with Crippen LogP contribution in [0.15, 0.2) is 0 Å². The van der Waals surface area contributed by atoms with Crippen LogP contribution in [0.3, 0.4) is 0 Å². The summed E-state index contributed by atoms with van der Waals surface area (Å²) >= 11 is 0. The largest absolute Gasteiger partial charge is 0.444 e. The molecule has 0 aliphatic rings. The molecule has 0 saturated heterocycles. The molecule has 2 amide bonds. The van der Waals surface area contributed by atoms with Gasteiger partial charge in [0.1, 0.15) is 5.60 Å². The summed E-state index contributed by atoms with van der Waals surface area (Å²) in [5.74, 6) is -5.78. The normalized spacial score (nSPS) is 15.1. The molecule has 124 valence electrons. The Balaban J connectivity index is 5.33. The van der Waals surface area contributed by atoms with Crippen LogP contribution in [-0.4, -0.2) is 53.4 Å². The number of nitrogens with one attached hydrogen (secondary N) is 1. The molecule has 0 aromatic heterocycles. The minimum atomic E-state index is -4.18. The minimum Gasteiger partial charge on any atom is -0.444 e. The average molecular weight is 310 g/mol. The van der Waals surface area contributed by atoms with Gasteiger partial charge >= 0.3 is 12.0 Å². The van der Waals surface area contributed by atoms with Crippen molar-refractivity contribution in [2.75, 3.05) is 14.1 Å². The monoisotopic (exact) mass is 310 g/mol. The van der Waals surface area contributed by atoms with Crippen molar-refractivity contribution in [3.63, 3.8) is 0 Å². The predicted molar refractivity (Wildman–Crippen MR) is 72.9 cm³/mol. The number of alkyl carbamates (subject to hydrolysis) is 1. The Kier molecular flexibility index (Phi) is 6.10. The fraction of sp³-hybridized carbons (Fsp3) is 0.846. The number of amides is 2. The van der Waals surface area contributed by atoms with E-state index in [4.69, 9.17) is 4.74 Å². The topological polar surface area (TPSA) is 78.9 Å². The molecule has 0 aromatic carbocycles. The fourth-order valence-electron chi connectivity index (χ4n) is 1.59. The smallest absolute Gasteiger partial charge is 0.410 e. The van der Waals surface area contributed by atoms with Crippen molar-refractivity contribution >= 4 is 12.0 Å². The Morgan fingerprint density at radius 1 is 1.24 bits per heavy atom. The van der Waals surface area contributed by atoms with E-state index in [-0.39, 0.29) is 6.42 Å². The van der Waals surface area contributed by atoms with E-state index in [1.165, 1.54) is 6.92 Å². The number of alkyl halides is 2. The van der Waals surface area contributed by atoms with E-state index in [1.54, 1.807) is 26.1 Å². The van der Waals surface area contributed by atoms with Crippen LogP contribution in [-0.2, 0) is 9.53 Å². The van der Waals surface area contributed by atoms with Crippen molar-refractivity contribution in [3.8, 4) is 0 Å². The molecule has 8 heteroatoms. The van der Waals surface area contributed by atoms with Gasteiger partial charge in [0.25, 0.3) is 5.91 Å². The molecule has 1 unspecified atom stereocenters. The third kappa shape index (κ3) is 5.11. The van der Waals surface area contributed by atoms with Crippen molar-refractivity contribution in [1.82, 2.24) is 10.2 Å². The van der Waals surface area contributed by atoms with Gasteiger partial charge in [-0.3, -0.25) is 10.1 Å². The Morgan fingerprint density at radius 3 is 2.05 bits per heavy atom. The van der Waals surface area contributed by atoms with Crippen LogP contribution >= 0.6 is 0 Å². The van der Waals surface area contributed by atoms with Gasteiger partial charge in [-0.25, -0.2) is 4.79 Å². The van der Waals surface area contributed by atoms with E-state index >= 15 is 0 Å². The fourth-order valence-corrected chi connectivity index (χ4v) is 1.59. The number of halogens is 2. The molecular formula is C13H24F2N2O4. The van der Waals surface area contributed by atoms with Gasteiger partial charge < -0.3 is 14.7 Å². The number of nitrogens with zero attached hydrogens (tertiary/aromatic N) is 1. The number of ether oxygens (including phenoxy) is 1. The third-order valence-electron chi connectivity index (χ3n) is 2.51. The summed E-state index contributed by atoms with van der Waals surface area (Å²) in [6, 6.07) is 0. The molecule has 0 aliphatic carbocycles. The van der Waals surface area contributed by atoms with Crippen molar-refractivity contribution in [2.45, 2.75) is 57.8 Å². The Hall–Kier alpha value is -1.44. The average Bonchev–Trinajstić information content (AvgIpc) is 2.24. The summed E-state index contributed by atoms with van der Waals surface area (Å²) in [6.45, 7) is 6.19. The molecule has 0 rings (SSSR count). The lowest BCUT2D eigenvalue weighted by atomic mass is 9.98. The van der Waals surface area contributed by atoms with Gasteiger partial charge in [0.2, 0.25) is 5.72 Å². The molecule has 0 aromatic rings. The first-order valence-electron chi connectivity index (χ1n) is 6.60. The van der Waals surface area contributed by atoms with E-state index in [9.17, 15) is 23.5 Å². The summed E-state index contributed by atoms with van der Waals surface area (Å²) < 4.78 is 33.2. The summed E-state index contributed by atoms with van der Waals surface area (Å²) in [4.78, 5) is 23.9. The molecule has 0 spiro atoms. The molecule has 0 heterocycles. The lowest BCUT2D eigenvalue weighted by Gasteiger charge is -2.36. The zero-order chi connectivity index (χ0) is 17.1. The van der Waals surface area contributed by atoms with Crippen LogP contribution in [0.2, 0.25) is 0 Å². The summed E-state index contributed by atoms with van der Waals surface area (Å²) in [5, 5.41) is 11.8. The zero-order valence-corrected chi connectivity index (χ0v) is 13.3. The summed E-state index contributed by atoms with van der Waals surface area (Å²) in [5.41, 5.74) is -3.93. The highest BCUT2D eigenvalue weighted by Gasteiger charge is 2.60. The van der Waals surface area contributed by atoms with Gasteiger partial charge in [-0.05, 0) is 20.8 Å². The SMILES string of the molecule is CCCC(O)(NC(=O)OC(C)(C)C)C(F)(F)C(=O)N(C)C. The molecule has 1 atom stereocenters. The number of carbonyl (C=O) groups is 2. The second kappa shape index (κ2) is 6.55. The van der Waals surface area contributed by atoms with Gasteiger partial charge in [0.15, 0.2) is 0 Å². The highest BCUT2D eigenvalue weighted by molar-refractivity contribution is 5.85. The first-order valence-corrected chi connectivity index (χ1v) is 6.60. The van der Waals surface area contributed by atoms with Crippen LogP contribution in [0.4, 0.5) is 13.6 Å². The van der Waals surface area contributed by atoms with Crippen LogP contribution in [0.25, 0.3) is 0 Å². The Morgan fingerprint density at radius 2 is 1.71 bits per heavy atom. The number of rotatable bonds is 5. The third-order valence-corrected chi connectivity index (χ3v) is 2.51. The summed E-state index contributed by atoms with van der Waals surface area (Å²) in [7, 11) is 2.27. The maximum Gasteiger partial charge on any atom is 0.410 e. The molecule has 0 radical (unpaired) electrons. The lowest BCUT2D eigenvalue weighted by molar-refractivity contribution is -0.209. The van der Waals surface area contributed by atoms with Crippen molar-refractivity contribution in [1.29, 1.82) is 0 Å². The molecule has 0 bridgehead atoms. The highest BCUT2D eigenvalue weighted by Crippen LogP contribution is 2.32. The second-order valence-electron chi connectivity index (χ2n) is 6.01. The Bertz CT molecular complexity index is 394. The van der Waals surface area contributed by atoms with E-state index in [0.717, 1.165) is 14.1 Å². The lowest BCUT2D eigenvalue weighted by Crippen LogP contribution is -2.66. The van der Waals surface area contributed by atoms with Gasteiger partial charge in [-0.2, -0.15) is 8.78 Å². The molecule has 2 N–H and O–H groups in total. The molecule has 21 heavy (non-hydrogen) atoms. The van der Waals surface area contributed by atoms with Crippen LogP contribution in [0, 0.1) is 0 Å². The number of carbonyl (C=O) groups excluding carboxylic acids is 2. The van der Waals surface area contributed by atoms with Gasteiger partial charge in [0, 0.05) is 20.5 Å². The number of hydrogen-bond donors (Lipinski definition) is 2. The quantitative estimate of drug-likeness (QED) is 0.758. The van der Waals surface area contributed by atoms with Crippen LogP contribution in [0.5, 0.6) is 0 Å². The predicted octanol–water partition coefficient (Wildman–Crippen LogP) is 1.72. The maximum absolute atomic E-state index is 14.2. The summed E-state index contributed by atoms with van der Waals surface area (Å²) in [6.07, 6.45) is -1.59. The van der Waals surface area contributed by atoms with Crippen molar-refractivity contribution < 1.29 is 28.2 Å². The van der Waals surface area contributed by atoms with Gasteiger partial charge in [-0.15, -0.1) is 0 Å². The van der Waals surface area contributed by atoms with E-state index < -0.39 is 35.7 Å². The zero-order valence-electron chi connectivity index (χ0n) is 13.3. The van der Waals surface area contributed by atoms with Crippen LogP contribution in [0.1, 0.15) is 40.5 Å². The Labute approximate surface area is 123 Å². The highest BCUT2D eigenvalue weighted by atomic mass is 19.3. The van der Waals surface area contributed by atoms with E-state index in [2.05, 4.69) is 0 Å². The molecular weight excluding hydrogens is 286 g/mol. The van der Waals surface area contributed by atoms with Crippen molar-refractivity contribution in [3.05, 3.63) is 0 Å². The first kappa shape index (κ1) is 19.6. The second-order valence-corrected chi connectivity index (χ2v) is 6.01. The van der Waals surface area contributed by atoms with Gasteiger partial charge in [-0.1, -0.05) is 13.3 Å². The van der Waals surface area contributed by atoms with E-state index in [1.807, 2.05) is 0 Å². The maximum atomic E-state index is 14.2.